The molecule has 4 aromatic rings. The lowest BCUT2D eigenvalue weighted by Gasteiger charge is -2.15. The fourth-order valence-corrected chi connectivity index (χ4v) is 3.78. The number of carbonyl (C=O) groups excluding carboxylic acids is 1. The van der Waals surface area contributed by atoms with Crippen LogP contribution in [0, 0.1) is 11.6 Å². The lowest BCUT2D eigenvalue weighted by atomic mass is 10.0. The second kappa shape index (κ2) is 15.0. The number of anilines is 1. The molecule has 1 amide bonds. The summed E-state index contributed by atoms with van der Waals surface area (Å²) in [5.74, 6) is 0.0319. The zero-order valence-electron chi connectivity index (χ0n) is 20.9. The number of hydrogen-bond donors (Lipinski definition) is 3. The van der Waals surface area contributed by atoms with Crippen LogP contribution in [0.15, 0.2) is 84.9 Å². The Morgan fingerprint density at radius 2 is 1.13 bits per heavy atom. The van der Waals surface area contributed by atoms with Crippen LogP contribution < -0.4 is 26.3 Å². The largest absolute Gasteiger partial charge is 0.492 e. The Morgan fingerprint density at radius 3 is 1.62 bits per heavy atom. The number of halogens is 4. The van der Waals surface area contributed by atoms with Gasteiger partial charge in [-0.3, -0.25) is 4.79 Å². The molecule has 0 atom stereocenters. The first-order valence-corrected chi connectivity index (χ1v) is 11.8. The van der Waals surface area contributed by atoms with Crippen molar-refractivity contribution in [3.8, 4) is 33.8 Å². The Kier molecular flexibility index (Phi) is 12.2. The fourth-order valence-electron chi connectivity index (χ4n) is 3.78. The van der Waals surface area contributed by atoms with Gasteiger partial charge in [-0.25, -0.2) is 8.78 Å². The number of benzene rings is 4. The van der Waals surface area contributed by atoms with Crippen LogP contribution in [0.5, 0.6) is 11.5 Å². The minimum atomic E-state index is -0.363. The first kappa shape index (κ1) is 31.5. The molecule has 0 unspecified atom stereocenters. The number of amides is 1. The van der Waals surface area contributed by atoms with Crippen molar-refractivity contribution in [1.82, 2.24) is 0 Å². The third kappa shape index (κ3) is 8.15. The van der Waals surface area contributed by atoms with E-state index in [1.54, 1.807) is 60.7 Å². The predicted molar refractivity (Wildman–Crippen MR) is 155 cm³/mol. The van der Waals surface area contributed by atoms with Crippen LogP contribution in [0.25, 0.3) is 22.3 Å². The van der Waals surface area contributed by atoms with Gasteiger partial charge in [0.05, 0.1) is 0 Å². The maximum Gasteiger partial charge on any atom is 0.255 e. The molecule has 4 aromatic carbocycles. The molecule has 0 aliphatic carbocycles. The van der Waals surface area contributed by atoms with Crippen LogP contribution >= 0.6 is 24.8 Å². The Bertz CT molecular complexity index is 1370. The van der Waals surface area contributed by atoms with Crippen LogP contribution in [-0.2, 0) is 0 Å². The first-order chi connectivity index (χ1) is 18.0. The van der Waals surface area contributed by atoms with Crippen molar-refractivity contribution < 1.29 is 23.0 Å². The quantitative estimate of drug-likeness (QED) is 0.213. The van der Waals surface area contributed by atoms with E-state index in [-0.39, 0.29) is 42.4 Å². The van der Waals surface area contributed by atoms with Crippen LogP contribution in [0.1, 0.15) is 10.4 Å². The summed E-state index contributed by atoms with van der Waals surface area (Å²) >= 11 is 0. The molecule has 0 heterocycles. The van der Waals surface area contributed by atoms with Crippen molar-refractivity contribution in [2.24, 2.45) is 11.5 Å². The molecule has 0 bridgehead atoms. The highest BCUT2D eigenvalue weighted by molar-refractivity contribution is 6.05. The number of nitrogens with one attached hydrogen (secondary N) is 1. The highest BCUT2D eigenvalue weighted by atomic mass is 35.5. The van der Waals surface area contributed by atoms with Gasteiger partial charge in [0, 0.05) is 35.5 Å². The van der Waals surface area contributed by atoms with E-state index in [4.69, 9.17) is 20.9 Å². The standard InChI is InChI=1S/C29H27F2N3O3.2ClH/c30-22-6-1-19(2-7-22)25-17-21(5-11-27(25)36-15-13-32)29(35)34-24-10-12-28(37-16-14-33)26(18-24)20-3-8-23(31)9-4-20;;/h1-12,17-18H,13-16,32-33H2,(H,34,35);2*1H. The Balaban J connectivity index is 0.00000267. The number of nitrogens with two attached hydrogens (primary N) is 2. The van der Waals surface area contributed by atoms with Crippen LogP contribution in [0.2, 0.25) is 0 Å². The summed E-state index contributed by atoms with van der Waals surface area (Å²) in [5, 5.41) is 2.90. The third-order valence-electron chi connectivity index (χ3n) is 5.54. The van der Waals surface area contributed by atoms with E-state index in [1.165, 1.54) is 24.3 Å². The monoisotopic (exact) mass is 575 g/mol. The number of ether oxygens (including phenoxy) is 2. The number of carbonyl (C=O) groups is 1. The van der Waals surface area contributed by atoms with Gasteiger partial charge < -0.3 is 26.3 Å². The smallest absolute Gasteiger partial charge is 0.255 e. The molecule has 0 aromatic heterocycles. The van der Waals surface area contributed by atoms with Gasteiger partial charge in [-0.1, -0.05) is 24.3 Å². The first-order valence-electron chi connectivity index (χ1n) is 11.8. The number of rotatable bonds is 10. The Hall–Kier alpha value is -3.69. The van der Waals surface area contributed by atoms with Crippen LogP contribution in [0.4, 0.5) is 14.5 Å². The third-order valence-corrected chi connectivity index (χ3v) is 5.54. The molecule has 4 rings (SSSR count). The minimum Gasteiger partial charge on any atom is -0.492 e. The molecule has 10 heteroatoms. The van der Waals surface area contributed by atoms with Gasteiger partial charge in [0.2, 0.25) is 0 Å². The summed E-state index contributed by atoms with van der Waals surface area (Å²) in [5.41, 5.74) is 14.8. The maximum absolute atomic E-state index is 13.5. The van der Waals surface area contributed by atoms with E-state index >= 15 is 0 Å². The van der Waals surface area contributed by atoms with Crippen molar-refractivity contribution in [1.29, 1.82) is 0 Å². The van der Waals surface area contributed by atoms with E-state index < -0.39 is 0 Å². The van der Waals surface area contributed by atoms with E-state index in [2.05, 4.69) is 5.32 Å². The summed E-state index contributed by atoms with van der Waals surface area (Å²) in [6, 6.07) is 22.2. The van der Waals surface area contributed by atoms with E-state index in [9.17, 15) is 13.6 Å². The summed E-state index contributed by atoms with van der Waals surface area (Å²) < 4.78 is 38.5. The summed E-state index contributed by atoms with van der Waals surface area (Å²) in [6.45, 7) is 1.27. The van der Waals surface area contributed by atoms with Crippen molar-refractivity contribution in [3.05, 3.63) is 102 Å². The SMILES string of the molecule is Cl.Cl.NCCOc1ccc(NC(=O)c2ccc(OCCN)c(-c3ccc(F)cc3)c2)cc1-c1ccc(F)cc1. The second-order valence-electron chi connectivity index (χ2n) is 8.16. The fraction of sp³-hybridized carbons (Fsp3) is 0.138. The molecular formula is C29H29Cl2F2N3O3. The van der Waals surface area contributed by atoms with Gasteiger partial charge in [0.15, 0.2) is 0 Å². The zero-order chi connectivity index (χ0) is 26.2. The number of hydrogen-bond acceptors (Lipinski definition) is 5. The average Bonchev–Trinajstić information content (AvgIpc) is 2.92. The summed E-state index contributed by atoms with van der Waals surface area (Å²) in [4.78, 5) is 13.2. The minimum absolute atomic E-state index is 0. The molecule has 0 saturated carbocycles. The van der Waals surface area contributed by atoms with Gasteiger partial charge in [-0.05, 0) is 71.8 Å². The molecule has 0 aliphatic heterocycles. The van der Waals surface area contributed by atoms with Crippen molar-refractivity contribution in [3.63, 3.8) is 0 Å². The van der Waals surface area contributed by atoms with Gasteiger partial charge in [0.25, 0.3) is 5.91 Å². The average molecular weight is 576 g/mol. The summed E-state index contributed by atoms with van der Waals surface area (Å²) in [6.07, 6.45) is 0. The van der Waals surface area contributed by atoms with Gasteiger partial charge in [-0.2, -0.15) is 0 Å². The Labute approximate surface area is 238 Å². The van der Waals surface area contributed by atoms with Crippen molar-refractivity contribution in [2.45, 2.75) is 0 Å². The Morgan fingerprint density at radius 1 is 0.667 bits per heavy atom. The van der Waals surface area contributed by atoms with Gasteiger partial charge >= 0.3 is 0 Å². The molecule has 0 aliphatic rings. The second-order valence-corrected chi connectivity index (χ2v) is 8.16. The highest BCUT2D eigenvalue weighted by Crippen LogP contribution is 2.34. The van der Waals surface area contributed by atoms with E-state index in [0.717, 1.165) is 5.56 Å². The zero-order valence-corrected chi connectivity index (χ0v) is 22.5. The molecule has 39 heavy (non-hydrogen) atoms. The molecular weight excluding hydrogens is 547 g/mol. The topological polar surface area (TPSA) is 99.6 Å². The molecule has 5 N–H and O–H groups in total. The maximum atomic E-state index is 13.5. The molecule has 0 saturated heterocycles. The van der Waals surface area contributed by atoms with Crippen LogP contribution in [-0.4, -0.2) is 32.2 Å². The van der Waals surface area contributed by atoms with Gasteiger partial charge in [-0.15, -0.1) is 24.8 Å². The summed E-state index contributed by atoms with van der Waals surface area (Å²) in [7, 11) is 0. The molecule has 206 valence electrons. The van der Waals surface area contributed by atoms with Crippen molar-refractivity contribution in [2.75, 3.05) is 31.6 Å². The lowest BCUT2D eigenvalue weighted by Crippen LogP contribution is -2.14. The normalized spacial score (nSPS) is 10.2. The van der Waals surface area contributed by atoms with Crippen LogP contribution in [0.3, 0.4) is 0 Å². The van der Waals surface area contributed by atoms with E-state index in [0.29, 0.717) is 65.7 Å². The molecule has 0 spiro atoms. The van der Waals surface area contributed by atoms with Gasteiger partial charge in [0.1, 0.15) is 36.3 Å². The predicted octanol–water partition coefficient (Wildman–Crippen LogP) is 6.07. The molecule has 6 nitrogen and oxygen atoms in total. The highest BCUT2D eigenvalue weighted by Gasteiger charge is 2.15. The van der Waals surface area contributed by atoms with Crippen molar-refractivity contribution >= 4 is 36.4 Å². The molecule has 0 radical (unpaired) electrons. The van der Waals surface area contributed by atoms with E-state index in [1.807, 2.05) is 0 Å². The molecule has 0 fully saturated rings. The lowest BCUT2D eigenvalue weighted by molar-refractivity contribution is 0.102.